The van der Waals surface area contributed by atoms with E-state index in [0.717, 1.165) is 24.2 Å². The molecule has 0 aliphatic heterocycles. The van der Waals surface area contributed by atoms with E-state index in [1.54, 1.807) is 42.3 Å². The number of imidazole rings is 1. The molecular weight excluding hydrogens is 447 g/mol. The molecule has 0 unspecified atom stereocenters. The van der Waals surface area contributed by atoms with Crippen molar-refractivity contribution in [3.63, 3.8) is 0 Å². The van der Waals surface area contributed by atoms with Crippen LogP contribution in [0.25, 0.3) is 22.4 Å². The van der Waals surface area contributed by atoms with Crippen LogP contribution in [0.4, 0.5) is 10.1 Å². The fourth-order valence-corrected chi connectivity index (χ4v) is 4.26. The summed E-state index contributed by atoms with van der Waals surface area (Å²) in [7, 11) is 1.71. The molecule has 0 atom stereocenters. The van der Waals surface area contributed by atoms with Crippen LogP contribution in [0.15, 0.2) is 42.5 Å². The van der Waals surface area contributed by atoms with Crippen molar-refractivity contribution in [2.45, 2.75) is 46.7 Å². The number of aryl methyl sites for hydroxylation is 2. The van der Waals surface area contributed by atoms with Crippen molar-refractivity contribution in [2.24, 2.45) is 0 Å². The largest absolute Gasteiger partial charge is 0.336 e. The molecule has 0 saturated carbocycles. The highest BCUT2D eigenvalue weighted by Crippen LogP contribution is 2.32. The van der Waals surface area contributed by atoms with Crippen LogP contribution in [0.1, 0.15) is 48.9 Å². The molecule has 4 rings (SSSR count). The first-order valence-corrected chi connectivity index (χ1v) is 11.7. The van der Waals surface area contributed by atoms with E-state index >= 15 is 0 Å². The van der Waals surface area contributed by atoms with Gasteiger partial charge in [-0.3, -0.25) is 14.7 Å². The van der Waals surface area contributed by atoms with Crippen LogP contribution in [-0.4, -0.2) is 43.5 Å². The Labute approximate surface area is 203 Å². The molecule has 2 heterocycles. The maximum absolute atomic E-state index is 14.6. The number of H-pyrrole nitrogens is 1. The first-order valence-electron chi connectivity index (χ1n) is 11.7. The van der Waals surface area contributed by atoms with E-state index in [4.69, 9.17) is 0 Å². The van der Waals surface area contributed by atoms with E-state index in [-0.39, 0.29) is 11.8 Å². The summed E-state index contributed by atoms with van der Waals surface area (Å²) in [5.74, 6) is -0.465. The van der Waals surface area contributed by atoms with Gasteiger partial charge in [0.2, 0.25) is 5.91 Å². The predicted molar refractivity (Wildman–Crippen MR) is 133 cm³/mol. The standard InChI is InChI=1S/C26H29FN6O2/c1-5-9-18-14-19(31-30-18)15-32(4)26(35)17-12-22(28-16(3)34)24-23(13-17)29-25(33(24)6-2)20-10-7-8-11-21(20)27/h7-8,10-14H,5-6,9,15H2,1-4H3,(H,28,34)(H,30,31). The molecule has 0 aliphatic carbocycles. The maximum Gasteiger partial charge on any atom is 0.254 e. The molecule has 35 heavy (non-hydrogen) atoms. The number of anilines is 1. The Morgan fingerprint density at radius 2 is 1.94 bits per heavy atom. The molecule has 0 spiro atoms. The molecule has 0 aliphatic rings. The number of nitrogens with one attached hydrogen (secondary N) is 2. The zero-order valence-corrected chi connectivity index (χ0v) is 20.4. The molecule has 4 aromatic rings. The van der Waals surface area contributed by atoms with Gasteiger partial charge in [0, 0.05) is 26.1 Å². The first-order chi connectivity index (χ1) is 16.8. The van der Waals surface area contributed by atoms with Crippen LogP contribution >= 0.6 is 0 Å². The number of rotatable bonds is 8. The topological polar surface area (TPSA) is 95.9 Å². The van der Waals surface area contributed by atoms with E-state index in [1.807, 2.05) is 17.6 Å². The summed E-state index contributed by atoms with van der Waals surface area (Å²) >= 11 is 0. The summed E-state index contributed by atoms with van der Waals surface area (Å²) in [6.45, 7) is 6.27. The number of halogens is 1. The van der Waals surface area contributed by atoms with E-state index in [0.29, 0.717) is 46.8 Å². The Balaban J connectivity index is 1.76. The molecule has 2 aromatic carbocycles. The second kappa shape index (κ2) is 10.1. The Bertz CT molecular complexity index is 1390. The number of carbonyl (C=O) groups is 2. The lowest BCUT2D eigenvalue weighted by Gasteiger charge is -2.17. The van der Waals surface area contributed by atoms with Crippen molar-refractivity contribution in [1.29, 1.82) is 0 Å². The van der Waals surface area contributed by atoms with Crippen LogP contribution in [0.5, 0.6) is 0 Å². The van der Waals surface area contributed by atoms with Gasteiger partial charge in [0.15, 0.2) is 0 Å². The third kappa shape index (κ3) is 4.94. The molecule has 0 bridgehead atoms. The molecule has 2 amide bonds. The Kier molecular flexibility index (Phi) is 6.95. The minimum atomic E-state index is -0.392. The molecule has 0 fully saturated rings. The van der Waals surface area contributed by atoms with Gasteiger partial charge in [-0.1, -0.05) is 25.5 Å². The van der Waals surface area contributed by atoms with Gasteiger partial charge in [0.1, 0.15) is 11.6 Å². The Morgan fingerprint density at radius 3 is 2.63 bits per heavy atom. The Morgan fingerprint density at radius 1 is 1.17 bits per heavy atom. The average molecular weight is 477 g/mol. The van der Waals surface area contributed by atoms with E-state index < -0.39 is 5.82 Å². The number of benzene rings is 2. The van der Waals surface area contributed by atoms with Crippen LogP contribution in [-0.2, 0) is 24.3 Å². The monoisotopic (exact) mass is 476 g/mol. The second-order valence-corrected chi connectivity index (χ2v) is 8.53. The summed E-state index contributed by atoms with van der Waals surface area (Å²) in [5.41, 5.74) is 4.12. The van der Waals surface area contributed by atoms with Gasteiger partial charge in [-0.05, 0) is 43.7 Å². The highest BCUT2D eigenvalue weighted by molar-refractivity contribution is 6.05. The molecule has 9 heteroatoms. The molecule has 2 aromatic heterocycles. The van der Waals surface area contributed by atoms with Gasteiger partial charge < -0.3 is 14.8 Å². The lowest BCUT2D eigenvalue weighted by atomic mass is 10.1. The Hall–Kier alpha value is -4.01. The highest BCUT2D eigenvalue weighted by atomic mass is 19.1. The quantitative estimate of drug-likeness (QED) is 0.383. The van der Waals surface area contributed by atoms with Gasteiger partial charge >= 0.3 is 0 Å². The van der Waals surface area contributed by atoms with Crippen molar-refractivity contribution < 1.29 is 14.0 Å². The minimum Gasteiger partial charge on any atom is -0.336 e. The van der Waals surface area contributed by atoms with Crippen molar-refractivity contribution in [3.8, 4) is 11.4 Å². The number of aromatic amines is 1. The predicted octanol–water partition coefficient (Wildman–Crippen LogP) is 4.77. The van der Waals surface area contributed by atoms with Crippen LogP contribution in [0, 0.1) is 5.82 Å². The number of aromatic nitrogens is 4. The average Bonchev–Trinajstić information content (AvgIpc) is 3.42. The summed E-state index contributed by atoms with van der Waals surface area (Å²) < 4.78 is 16.5. The van der Waals surface area contributed by atoms with Crippen molar-refractivity contribution >= 4 is 28.5 Å². The summed E-state index contributed by atoms with van der Waals surface area (Å²) in [6, 6.07) is 11.7. The number of nitrogens with zero attached hydrogens (tertiary/aromatic N) is 4. The maximum atomic E-state index is 14.6. The SMILES string of the molecule is CCCc1cc(CN(C)C(=O)c2cc(NC(C)=O)c3c(c2)nc(-c2ccccc2F)n3CC)[nH]n1. The summed E-state index contributed by atoms with van der Waals surface area (Å²) in [5, 5.41) is 10.1. The third-order valence-electron chi connectivity index (χ3n) is 5.77. The van der Waals surface area contributed by atoms with Gasteiger partial charge in [-0.15, -0.1) is 0 Å². The highest BCUT2D eigenvalue weighted by Gasteiger charge is 2.22. The fourth-order valence-electron chi connectivity index (χ4n) is 4.26. The molecular formula is C26H29FN6O2. The first kappa shape index (κ1) is 24.1. The number of fused-ring (bicyclic) bond motifs is 1. The zero-order valence-electron chi connectivity index (χ0n) is 20.4. The van der Waals surface area contributed by atoms with Gasteiger partial charge in [-0.25, -0.2) is 9.37 Å². The lowest BCUT2D eigenvalue weighted by molar-refractivity contribution is -0.114. The fraction of sp³-hybridized carbons (Fsp3) is 0.308. The van der Waals surface area contributed by atoms with Crippen LogP contribution in [0.3, 0.4) is 0 Å². The number of hydrogen-bond donors (Lipinski definition) is 2. The summed E-state index contributed by atoms with van der Waals surface area (Å²) in [4.78, 5) is 31.6. The van der Waals surface area contributed by atoms with Gasteiger partial charge in [0.25, 0.3) is 5.91 Å². The minimum absolute atomic E-state index is 0.233. The van der Waals surface area contributed by atoms with Gasteiger partial charge in [0.05, 0.1) is 40.2 Å². The molecule has 0 saturated heterocycles. The van der Waals surface area contributed by atoms with Crippen molar-refractivity contribution in [3.05, 3.63) is 65.2 Å². The van der Waals surface area contributed by atoms with Gasteiger partial charge in [-0.2, -0.15) is 5.10 Å². The normalized spacial score (nSPS) is 11.1. The van der Waals surface area contributed by atoms with Crippen LogP contribution in [0.2, 0.25) is 0 Å². The van der Waals surface area contributed by atoms with E-state index in [9.17, 15) is 14.0 Å². The second-order valence-electron chi connectivity index (χ2n) is 8.53. The van der Waals surface area contributed by atoms with E-state index in [1.165, 1.54) is 13.0 Å². The third-order valence-corrected chi connectivity index (χ3v) is 5.77. The lowest BCUT2D eigenvalue weighted by Crippen LogP contribution is -2.26. The zero-order chi connectivity index (χ0) is 25.1. The molecule has 2 N–H and O–H groups in total. The van der Waals surface area contributed by atoms with Crippen molar-refractivity contribution in [1.82, 2.24) is 24.6 Å². The number of hydrogen-bond acceptors (Lipinski definition) is 4. The van der Waals surface area contributed by atoms with Crippen molar-refractivity contribution in [2.75, 3.05) is 12.4 Å². The number of amides is 2. The molecule has 182 valence electrons. The van der Waals surface area contributed by atoms with E-state index in [2.05, 4.69) is 27.4 Å². The summed E-state index contributed by atoms with van der Waals surface area (Å²) in [6.07, 6.45) is 1.86. The molecule has 0 radical (unpaired) electrons. The smallest absolute Gasteiger partial charge is 0.254 e. The molecule has 8 nitrogen and oxygen atoms in total. The number of carbonyl (C=O) groups excluding carboxylic acids is 2. The van der Waals surface area contributed by atoms with Crippen LogP contribution < -0.4 is 5.32 Å².